The second kappa shape index (κ2) is 6.61. The molecule has 0 N–H and O–H groups in total. The van der Waals surface area contributed by atoms with Gasteiger partial charge in [-0.1, -0.05) is 37.6 Å². The van der Waals surface area contributed by atoms with Crippen molar-refractivity contribution < 1.29 is 0 Å². The highest BCUT2D eigenvalue weighted by Crippen LogP contribution is 2.24. The average Bonchev–Trinajstić information content (AvgIpc) is 2.26. The van der Waals surface area contributed by atoms with Gasteiger partial charge in [-0.2, -0.15) is 0 Å². The summed E-state index contributed by atoms with van der Waals surface area (Å²) < 4.78 is 0. The van der Waals surface area contributed by atoms with Crippen LogP contribution in [0.5, 0.6) is 0 Å². The van der Waals surface area contributed by atoms with Crippen LogP contribution < -0.4 is 0 Å². The molecule has 1 nitrogen and oxygen atoms in total. The molecule has 1 heterocycles. The first kappa shape index (κ1) is 14.8. The van der Waals surface area contributed by atoms with E-state index in [-0.39, 0.29) is 0 Å². The SMILES string of the molecule is C/C=C(Cl)\C(C)=C/C(C)N1CC(C)CC(C)C1. The molecule has 0 aromatic rings. The van der Waals surface area contributed by atoms with E-state index in [9.17, 15) is 0 Å². The van der Waals surface area contributed by atoms with Crippen LogP contribution in [0.25, 0.3) is 0 Å². The van der Waals surface area contributed by atoms with Crippen LogP contribution in [0.1, 0.15) is 41.0 Å². The van der Waals surface area contributed by atoms with Crippen molar-refractivity contribution >= 4 is 11.6 Å². The zero-order valence-corrected chi connectivity index (χ0v) is 12.6. The minimum atomic E-state index is 0.480. The van der Waals surface area contributed by atoms with Gasteiger partial charge < -0.3 is 0 Å². The number of allylic oxidation sites excluding steroid dienone is 3. The number of likely N-dealkylation sites (tertiary alicyclic amines) is 1. The highest BCUT2D eigenvalue weighted by Gasteiger charge is 2.24. The van der Waals surface area contributed by atoms with E-state index in [1.54, 1.807) is 0 Å². The molecule has 1 fully saturated rings. The Hall–Kier alpha value is -0.270. The lowest BCUT2D eigenvalue weighted by Crippen LogP contribution is -2.43. The maximum absolute atomic E-state index is 6.13. The summed E-state index contributed by atoms with van der Waals surface area (Å²) in [5.74, 6) is 1.62. The van der Waals surface area contributed by atoms with Gasteiger partial charge in [-0.05, 0) is 44.6 Å². The lowest BCUT2D eigenvalue weighted by atomic mass is 9.91. The molecule has 98 valence electrons. The summed E-state index contributed by atoms with van der Waals surface area (Å²) in [5, 5.41) is 0.870. The number of hydrogen-bond donors (Lipinski definition) is 0. The lowest BCUT2D eigenvalue weighted by Gasteiger charge is -2.38. The van der Waals surface area contributed by atoms with Gasteiger partial charge in [-0.15, -0.1) is 0 Å². The molecule has 1 rings (SSSR count). The van der Waals surface area contributed by atoms with E-state index in [0.717, 1.165) is 16.9 Å². The second-order valence-electron chi connectivity index (χ2n) is 5.63. The molecule has 0 bridgehead atoms. The van der Waals surface area contributed by atoms with Crippen LogP contribution in [0.4, 0.5) is 0 Å². The summed E-state index contributed by atoms with van der Waals surface area (Å²) in [5.41, 5.74) is 1.19. The van der Waals surface area contributed by atoms with Crippen molar-refractivity contribution in [3.05, 3.63) is 22.8 Å². The van der Waals surface area contributed by atoms with Crippen LogP contribution in [0, 0.1) is 11.8 Å². The second-order valence-corrected chi connectivity index (χ2v) is 6.03. The Kier molecular flexibility index (Phi) is 5.75. The maximum atomic E-state index is 6.13. The molecule has 1 aliphatic rings. The fourth-order valence-electron chi connectivity index (χ4n) is 2.82. The van der Waals surface area contributed by atoms with E-state index in [2.05, 4.69) is 38.7 Å². The minimum Gasteiger partial charge on any atom is -0.297 e. The molecule has 1 aliphatic heterocycles. The number of halogens is 1. The largest absolute Gasteiger partial charge is 0.297 e. The summed E-state index contributed by atoms with van der Waals surface area (Å²) in [6.07, 6.45) is 5.61. The summed E-state index contributed by atoms with van der Waals surface area (Å²) >= 11 is 6.13. The molecule has 0 spiro atoms. The maximum Gasteiger partial charge on any atom is 0.0389 e. The fourth-order valence-corrected chi connectivity index (χ4v) is 2.88. The zero-order chi connectivity index (χ0) is 13.0. The van der Waals surface area contributed by atoms with E-state index in [4.69, 9.17) is 11.6 Å². The molecule has 3 unspecified atom stereocenters. The first-order valence-electron chi connectivity index (χ1n) is 6.68. The third-order valence-corrected chi connectivity index (χ3v) is 4.11. The summed E-state index contributed by atoms with van der Waals surface area (Å²) in [7, 11) is 0. The molecule has 0 saturated carbocycles. The predicted molar refractivity (Wildman–Crippen MR) is 77.3 cm³/mol. The normalized spacial score (nSPS) is 30.5. The minimum absolute atomic E-state index is 0.480. The van der Waals surface area contributed by atoms with Gasteiger partial charge in [-0.25, -0.2) is 0 Å². The van der Waals surface area contributed by atoms with E-state index < -0.39 is 0 Å². The van der Waals surface area contributed by atoms with Crippen molar-refractivity contribution in [3.8, 4) is 0 Å². The van der Waals surface area contributed by atoms with Crippen molar-refractivity contribution in [1.29, 1.82) is 0 Å². The van der Waals surface area contributed by atoms with Gasteiger partial charge in [0.1, 0.15) is 0 Å². The zero-order valence-electron chi connectivity index (χ0n) is 11.8. The molecule has 17 heavy (non-hydrogen) atoms. The highest BCUT2D eigenvalue weighted by molar-refractivity contribution is 6.31. The van der Waals surface area contributed by atoms with E-state index in [1.807, 2.05) is 13.0 Å². The third-order valence-electron chi connectivity index (χ3n) is 3.59. The first-order valence-corrected chi connectivity index (χ1v) is 7.06. The average molecular weight is 256 g/mol. The Morgan fingerprint density at radius 3 is 2.29 bits per heavy atom. The molecule has 1 saturated heterocycles. The molecule has 3 atom stereocenters. The summed E-state index contributed by atoms with van der Waals surface area (Å²) in [4.78, 5) is 2.57. The van der Waals surface area contributed by atoms with Gasteiger partial charge in [0.15, 0.2) is 0 Å². The number of rotatable bonds is 3. The van der Waals surface area contributed by atoms with Gasteiger partial charge in [0.05, 0.1) is 0 Å². The van der Waals surface area contributed by atoms with E-state index >= 15 is 0 Å². The number of hydrogen-bond acceptors (Lipinski definition) is 1. The van der Waals surface area contributed by atoms with Crippen molar-refractivity contribution in [1.82, 2.24) is 4.90 Å². The highest BCUT2D eigenvalue weighted by atomic mass is 35.5. The monoisotopic (exact) mass is 255 g/mol. The fraction of sp³-hybridized carbons (Fsp3) is 0.733. The third kappa shape index (κ3) is 4.48. The van der Waals surface area contributed by atoms with Crippen LogP contribution in [0.3, 0.4) is 0 Å². The Morgan fingerprint density at radius 1 is 1.29 bits per heavy atom. The number of piperidine rings is 1. The molecular formula is C15H26ClN. The van der Waals surface area contributed by atoms with E-state index in [0.29, 0.717) is 6.04 Å². The molecule has 0 aromatic carbocycles. The Labute approximate surface area is 112 Å². The van der Waals surface area contributed by atoms with Gasteiger partial charge in [0.25, 0.3) is 0 Å². The van der Waals surface area contributed by atoms with Crippen LogP contribution in [-0.4, -0.2) is 24.0 Å². The number of nitrogens with zero attached hydrogens (tertiary/aromatic N) is 1. The molecule has 0 aliphatic carbocycles. The van der Waals surface area contributed by atoms with Crippen LogP contribution >= 0.6 is 11.6 Å². The smallest absolute Gasteiger partial charge is 0.0389 e. The van der Waals surface area contributed by atoms with Crippen LogP contribution in [0.2, 0.25) is 0 Å². The lowest BCUT2D eigenvalue weighted by molar-refractivity contribution is 0.121. The van der Waals surface area contributed by atoms with Crippen LogP contribution in [0.15, 0.2) is 22.8 Å². The Morgan fingerprint density at radius 2 is 1.82 bits per heavy atom. The Bertz CT molecular complexity index is 296. The van der Waals surface area contributed by atoms with Gasteiger partial charge in [0.2, 0.25) is 0 Å². The molecular weight excluding hydrogens is 230 g/mol. The molecule has 0 radical (unpaired) electrons. The standard InChI is InChI=1S/C15H26ClN/c1-6-15(16)13(4)8-14(5)17-9-11(2)7-12(3)10-17/h6,8,11-12,14H,7,9-10H2,1-5H3/b13-8-,15-6+. The summed E-state index contributed by atoms with van der Waals surface area (Å²) in [6, 6.07) is 0.480. The molecule has 0 aromatic heterocycles. The van der Waals surface area contributed by atoms with Crippen molar-refractivity contribution in [2.45, 2.75) is 47.1 Å². The topological polar surface area (TPSA) is 3.24 Å². The predicted octanol–water partition coefficient (Wildman–Crippen LogP) is 4.44. The van der Waals surface area contributed by atoms with E-state index in [1.165, 1.54) is 25.1 Å². The van der Waals surface area contributed by atoms with Crippen LogP contribution in [-0.2, 0) is 0 Å². The van der Waals surface area contributed by atoms with Gasteiger partial charge in [0, 0.05) is 24.2 Å². The Balaban J connectivity index is 2.66. The first-order chi connectivity index (χ1) is 7.93. The van der Waals surface area contributed by atoms with Crippen molar-refractivity contribution in [2.24, 2.45) is 11.8 Å². The molecule has 2 heteroatoms. The van der Waals surface area contributed by atoms with Crippen molar-refractivity contribution in [2.75, 3.05) is 13.1 Å². The summed E-state index contributed by atoms with van der Waals surface area (Å²) in [6.45, 7) is 13.5. The van der Waals surface area contributed by atoms with Crippen molar-refractivity contribution in [3.63, 3.8) is 0 Å². The quantitative estimate of drug-likeness (QED) is 0.674. The molecule has 0 amide bonds. The van der Waals surface area contributed by atoms with Gasteiger partial charge in [-0.3, -0.25) is 4.90 Å². The van der Waals surface area contributed by atoms with Gasteiger partial charge >= 0.3 is 0 Å².